The number of fused-ring (bicyclic) bond motifs is 2. The van der Waals surface area contributed by atoms with Crippen LogP contribution in [0.3, 0.4) is 0 Å². The maximum absolute atomic E-state index is 14.3. The summed E-state index contributed by atoms with van der Waals surface area (Å²) in [7, 11) is 0. The molecule has 1 fully saturated rings. The lowest BCUT2D eigenvalue weighted by atomic mass is 9.58. The maximum Gasteiger partial charge on any atom is 0.237 e. The second kappa shape index (κ2) is 7.09. The minimum absolute atomic E-state index is 0.105. The van der Waals surface area contributed by atoms with Gasteiger partial charge in [0, 0.05) is 17.1 Å². The highest BCUT2D eigenvalue weighted by Crippen LogP contribution is 2.56. The average molecular weight is 429 g/mol. The Morgan fingerprint density at radius 3 is 2.60 bits per heavy atom. The summed E-state index contributed by atoms with van der Waals surface area (Å²) in [4.78, 5) is 26.5. The molecule has 2 aromatic carbocycles. The van der Waals surface area contributed by atoms with Crippen LogP contribution in [0.1, 0.15) is 56.3 Å². The highest BCUT2D eigenvalue weighted by molar-refractivity contribution is 6.31. The van der Waals surface area contributed by atoms with Crippen molar-refractivity contribution in [3.05, 3.63) is 63.9 Å². The van der Waals surface area contributed by atoms with Gasteiger partial charge in [0.05, 0.1) is 6.04 Å². The van der Waals surface area contributed by atoms with Crippen molar-refractivity contribution in [2.75, 3.05) is 5.32 Å². The Bertz CT molecular complexity index is 1050. The first-order valence-electron chi connectivity index (χ1n) is 10.2. The van der Waals surface area contributed by atoms with E-state index in [1.165, 1.54) is 12.1 Å². The van der Waals surface area contributed by atoms with Gasteiger partial charge < -0.3 is 10.6 Å². The summed E-state index contributed by atoms with van der Waals surface area (Å²) in [5.41, 5.74) is 1.76. The molecule has 30 heavy (non-hydrogen) atoms. The SMILES string of the molecule is Cc1ccc(F)cc1C1NC(=O)CC(CC(C)(C)C)C12C(=O)Nc1cc(Cl)ccc12. The fourth-order valence-corrected chi connectivity index (χ4v) is 5.36. The monoisotopic (exact) mass is 428 g/mol. The van der Waals surface area contributed by atoms with E-state index in [1.807, 2.05) is 13.0 Å². The topological polar surface area (TPSA) is 58.2 Å². The molecule has 0 radical (unpaired) electrons. The minimum atomic E-state index is -1.04. The molecule has 2 amide bonds. The van der Waals surface area contributed by atoms with E-state index in [0.29, 0.717) is 22.7 Å². The van der Waals surface area contributed by atoms with Gasteiger partial charge in [-0.1, -0.05) is 44.5 Å². The molecular weight excluding hydrogens is 403 g/mol. The van der Waals surface area contributed by atoms with Crippen LogP contribution >= 0.6 is 11.6 Å². The van der Waals surface area contributed by atoms with Gasteiger partial charge in [0.15, 0.2) is 0 Å². The van der Waals surface area contributed by atoms with Gasteiger partial charge in [-0.05, 0) is 65.6 Å². The lowest BCUT2D eigenvalue weighted by Gasteiger charge is -2.48. The van der Waals surface area contributed by atoms with Gasteiger partial charge in [-0.15, -0.1) is 0 Å². The van der Waals surface area contributed by atoms with Crippen LogP contribution in [0, 0.1) is 24.1 Å². The van der Waals surface area contributed by atoms with Crippen molar-refractivity contribution in [3.63, 3.8) is 0 Å². The molecule has 2 aliphatic rings. The quantitative estimate of drug-likeness (QED) is 0.682. The molecule has 3 unspecified atom stereocenters. The molecule has 4 rings (SSSR count). The number of anilines is 1. The molecule has 158 valence electrons. The maximum atomic E-state index is 14.3. The Balaban J connectivity index is 2.00. The Morgan fingerprint density at radius 2 is 1.90 bits per heavy atom. The summed E-state index contributed by atoms with van der Waals surface area (Å²) in [6.45, 7) is 8.18. The summed E-state index contributed by atoms with van der Waals surface area (Å²) in [6, 6.07) is 9.21. The number of hydrogen-bond donors (Lipinski definition) is 2. The molecule has 2 aromatic rings. The standard InChI is InChI=1S/C24H26ClFN2O2/c1-13-5-7-16(26)11-17(13)21-24(14(9-20(29)28-21)12-23(2,3)4)18-8-6-15(25)10-19(18)27-22(24)30/h5-8,10-11,14,21H,9,12H2,1-4H3,(H,27,30)(H,28,29). The molecule has 3 atom stereocenters. The van der Waals surface area contributed by atoms with Crippen LogP contribution in [0.25, 0.3) is 0 Å². The van der Waals surface area contributed by atoms with E-state index in [0.717, 1.165) is 11.1 Å². The Hall–Kier alpha value is -2.40. The largest absolute Gasteiger partial charge is 0.348 e. The first kappa shape index (κ1) is 20.9. The van der Waals surface area contributed by atoms with Crippen LogP contribution in [0.5, 0.6) is 0 Å². The summed E-state index contributed by atoms with van der Waals surface area (Å²) >= 11 is 6.19. The predicted molar refractivity (Wildman–Crippen MR) is 116 cm³/mol. The third kappa shape index (κ3) is 3.29. The molecule has 0 aliphatic carbocycles. The number of hydrogen-bond acceptors (Lipinski definition) is 2. The molecule has 1 spiro atoms. The van der Waals surface area contributed by atoms with Gasteiger partial charge in [0.1, 0.15) is 11.2 Å². The minimum Gasteiger partial charge on any atom is -0.348 e. The third-order valence-electron chi connectivity index (χ3n) is 6.30. The van der Waals surface area contributed by atoms with Gasteiger partial charge in [-0.3, -0.25) is 9.59 Å². The lowest BCUT2D eigenvalue weighted by molar-refractivity contribution is -0.134. The summed E-state index contributed by atoms with van der Waals surface area (Å²) in [5.74, 6) is -0.949. The van der Waals surface area contributed by atoms with E-state index in [4.69, 9.17) is 11.6 Å². The summed E-state index contributed by atoms with van der Waals surface area (Å²) in [5, 5.41) is 6.56. The zero-order valence-electron chi connectivity index (χ0n) is 17.6. The van der Waals surface area contributed by atoms with Crippen LogP contribution in [-0.2, 0) is 15.0 Å². The van der Waals surface area contributed by atoms with Crippen molar-refractivity contribution < 1.29 is 14.0 Å². The van der Waals surface area contributed by atoms with Crippen molar-refractivity contribution >= 4 is 29.1 Å². The molecule has 2 N–H and O–H groups in total. The first-order valence-corrected chi connectivity index (χ1v) is 10.6. The Labute approximate surface area is 181 Å². The van der Waals surface area contributed by atoms with Gasteiger partial charge >= 0.3 is 0 Å². The number of amides is 2. The molecule has 0 saturated carbocycles. The van der Waals surface area contributed by atoms with Crippen molar-refractivity contribution in [2.24, 2.45) is 11.3 Å². The molecule has 2 heterocycles. The Morgan fingerprint density at radius 1 is 1.17 bits per heavy atom. The number of piperidine rings is 1. The molecule has 6 heteroatoms. The van der Waals surface area contributed by atoms with Crippen LogP contribution in [0.2, 0.25) is 5.02 Å². The molecule has 1 saturated heterocycles. The summed E-state index contributed by atoms with van der Waals surface area (Å²) in [6.07, 6.45) is 0.901. The van der Waals surface area contributed by atoms with Gasteiger partial charge in [0.2, 0.25) is 11.8 Å². The highest BCUT2D eigenvalue weighted by atomic mass is 35.5. The molecule has 2 aliphatic heterocycles. The van der Waals surface area contributed by atoms with Crippen LogP contribution in [0.15, 0.2) is 36.4 Å². The van der Waals surface area contributed by atoms with E-state index >= 15 is 0 Å². The molecular formula is C24H26ClFN2O2. The first-order chi connectivity index (χ1) is 14.0. The second-order valence-electron chi connectivity index (χ2n) is 9.68. The smallest absolute Gasteiger partial charge is 0.237 e. The van der Waals surface area contributed by atoms with Gasteiger partial charge in [0.25, 0.3) is 0 Å². The van der Waals surface area contributed by atoms with Crippen molar-refractivity contribution in [2.45, 2.75) is 52.0 Å². The number of halogens is 2. The molecule has 4 nitrogen and oxygen atoms in total. The number of carbonyl (C=O) groups excluding carboxylic acids is 2. The normalized spacial score (nSPS) is 25.8. The van der Waals surface area contributed by atoms with Crippen molar-refractivity contribution in [3.8, 4) is 0 Å². The van der Waals surface area contributed by atoms with Crippen molar-refractivity contribution in [1.29, 1.82) is 0 Å². The van der Waals surface area contributed by atoms with Gasteiger partial charge in [-0.2, -0.15) is 0 Å². The van der Waals surface area contributed by atoms with E-state index in [1.54, 1.807) is 18.2 Å². The summed E-state index contributed by atoms with van der Waals surface area (Å²) < 4.78 is 14.3. The van der Waals surface area contributed by atoms with E-state index in [-0.39, 0.29) is 29.6 Å². The van der Waals surface area contributed by atoms with E-state index < -0.39 is 17.3 Å². The molecule has 0 aromatic heterocycles. The van der Waals surface area contributed by atoms with Crippen molar-refractivity contribution in [1.82, 2.24) is 5.32 Å². The van der Waals surface area contributed by atoms with E-state index in [2.05, 4.69) is 31.4 Å². The lowest BCUT2D eigenvalue weighted by Crippen LogP contribution is -2.58. The molecule has 0 bridgehead atoms. The number of carbonyl (C=O) groups is 2. The Kier molecular flexibility index (Phi) is 4.93. The zero-order chi connectivity index (χ0) is 21.8. The number of nitrogens with one attached hydrogen (secondary N) is 2. The fourth-order valence-electron chi connectivity index (χ4n) is 5.19. The second-order valence-corrected chi connectivity index (χ2v) is 10.1. The van der Waals surface area contributed by atoms with Crippen LogP contribution < -0.4 is 10.6 Å². The average Bonchev–Trinajstić information content (AvgIpc) is 2.91. The number of aryl methyl sites for hydroxylation is 1. The van der Waals surface area contributed by atoms with Gasteiger partial charge in [-0.25, -0.2) is 4.39 Å². The number of rotatable bonds is 2. The third-order valence-corrected chi connectivity index (χ3v) is 6.53. The highest BCUT2D eigenvalue weighted by Gasteiger charge is 2.61. The van der Waals surface area contributed by atoms with Crippen LogP contribution in [0.4, 0.5) is 10.1 Å². The van der Waals surface area contributed by atoms with E-state index in [9.17, 15) is 14.0 Å². The fraction of sp³-hybridized carbons (Fsp3) is 0.417. The zero-order valence-corrected chi connectivity index (χ0v) is 18.4. The number of benzene rings is 2. The van der Waals surface area contributed by atoms with Crippen LogP contribution in [-0.4, -0.2) is 11.8 Å². The predicted octanol–water partition coefficient (Wildman–Crippen LogP) is 5.29.